The summed E-state index contributed by atoms with van der Waals surface area (Å²) in [6, 6.07) is 7.39. The molecule has 29 heavy (non-hydrogen) atoms. The van der Waals surface area contributed by atoms with Gasteiger partial charge in [0, 0.05) is 30.6 Å². The molecule has 3 rings (SSSR count). The first kappa shape index (κ1) is 21.4. The summed E-state index contributed by atoms with van der Waals surface area (Å²) in [5.74, 6) is 0.0895. The Balaban J connectivity index is 1.58. The summed E-state index contributed by atoms with van der Waals surface area (Å²) in [4.78, 5) is 27.1. The van der Waals surface area contributed by atoms with Crippen LogP contribution in [0.5, 0.6) is 0 Å². The third-order valence-corrected chi connectivity index (χ3v) is 5.76. The van der Waals surface area contributed by atoms with Crippen LogP contribution >= 0.6 is 11.6 Å². The number of piperidine rings is 1. The van der Waals surface area contributed by atoms with Gasteiger partial charge in [0.25, 0.3) is 5.91 Å². The minimum absolute atomic E-state index is 0.00374. The Morgan fingerprint density at radius 2 is 2.00 bits per heavy atom. The van der Waals surface area contributed by atoms with E-state index in [2.05, 4.69) is 17.3 Å². The summed E-state index contributed by atoms with van der Waals surface area (Å²) in [6.45, 7) is 5.96. The van der Waals surface area contributed by atoms with Crippen molar-refractivity contribution in [3.8, 4) is 5.69 Å². The smallest absolute Gasteiger partial charge is 0.257 e. The van der Waals surface area contributed by atoms with Gasteiger partial charge in [0.1, 0.15) is 0 Å². The average molecular weight is 417 g/mol. The fraction of sp³-hybridized carbons (Fsp3) is 0.500. The molecule has 7 heteroatoms. The van der Waals surface area contributed by atoms with E-state index in [9.17, 15) is 9.59 Å². The number of carbonyl (C=O) groups is 2. The number of carbonyl (C=O) groups excluding carboxylic acids is 2. The number of aromatic nitrogens is 2. The molecule has 6 nitrogen and oxygen atoms in total. The SMILES string of the molecule is CCCCCNC(=O)C1CCN(C(=O)c2cnn(-c3cccc(Cl)c3)c2C)CC1. The van der Waals surface area contributed by atoms with E-state index in [0.717, 1.165) is 37.2 Å². The quantitative estimate of drug-likeness (QED) is 0.694. The normalized spacial score (nSPS) is 14.8. The molecular formula is C22H29ClN4O2. The van der Waals surface area contributed by atoms with E-state index in [1.165, 1.54) is 0 Å². The number of benzene rings is 1. The van der Waals surface area contributed by atoms with Gasteiger partial charge in [-0.3, -0.25) is 9.59 Å². The lowest BCUT2D eigenvalue weighted by atomic mass is 9.95. The van der Waals surface area contributed by atoms with E-state index in [4.69, 9.17) is 11.6 Å². The number of amides is 2. The molecule has 1 N–H and O–H groups in total. The highest BCUT2D eigenvalue weighted by atomic mass is 35.5. The largest absolute Gasteiger partial charge is 0.356 e. The van der Waals surface area contributed by atoms with Gasteiger partial charge in [-0.15, -0.1) is 0 Å². The van der Waals surface area contributed by atoms with Crippen LogP contribution in [0.15, 0.2) is 30.5 Å². The summed E-state index contributed by atoms with van der Waals surface area (Å²) < 4.78 is 1.73. The number of hydrogen-bond acceptors (Lipinski definition) is 3. The molecule has 1 aliphatic rings. The van der Waals surface area contributed by atoms with E-state index in [1.807, 2.05) is 30.0 Å². The number of unbranched alkanes of at least 4 members (excludes halogenated alkanes) is 2. The van der Waals surface area contributed by atoms with Crippen molar-refractivity contribution in [2.45, 2.75) is 46.0 Å². The molecule has 0 atom stereocenters. The van der Waals surface area contributed by atoms with Gasteiger partial charge in [-0.05, 0) is 44.4 Å². The Bertz CT molecular complexity index is 856. The first-order valence-corrected chi connectivity index (χ1v) is 10.8. The molecule has 156 valence electrons. The van der Waals surface area contributed by atoms with Gasteiger partial charge in [-0.2, -0.15) is 5.10 Å². The molecule has 0 radical (unpaired) electrons. The van der Waals surface area contributed by atoms with E-state index in [1.54, 1.807) is 16.9 Å². The molecule has 1 saturated heterocycles. The van der Waals surface area contributed by atoms with Gasteiger partial charge in [-0.1, -0.05) is 37.4 Å². The lowest BCUT2D eigenvalue weighted by Gasteiger charge is -2.31. The van der Waals surface area contributed by atoms with Crippen LogP contribution in [0.1, 0.15) is 55.1 Å². The van der Waals surface area contributed by atoms with Crippen molar-refractivity contribution < 1.29 is 9.59 Å². The maximum atomic E-state index is 13.0. The van der Waals surface area contributed by atoms with Crippen molar-refractivity contribution in [1.82, 2.24) is 20.0 Å². The molecule has 0 spiro atoms. The maximum Gasteiger partial charge on any atom is 0.257 e. The Labute approximate surface area is 177 Å². The monoisotopic (exact) mass is 416 g/mol. The molecule has 0 saturated carbocycles. The van der Waals surface area contributed by atoms with Gasteiger partial charge in [-0.25, -0.2) is 4.68 Å². The fourth-order valence-electron chi connectivity index (χ4n) is 3.73. The molecule has 2 amide bonds. The predicted octanol–water partition coefficient (Wildman–Crippen LogP) is 3.99. The molecule has 1 aliphatic heterocycles. The van der Waals surface area contributed by atoms with Crippen LogP contribution in [0, 0.1) is 12.8 Å². The summed E-state index contributed by atoms with van der Waals surface area (Å²) in [6.07, 6.45) is 6.32. The van der Waals surface area contributed by atoms with Crippen LogP contribution in [0.25, 0.3) is 5.69 Å². The van der Waals surface area contributed by atoms with Crippen LogP contribution in [0.2, 0.25) is 5.02 Å². The Hall–Kier alpha value is -2.34. The highest BCUT2D eigenvalue weighted by Gasteiger charge is 2.29. The van der Waals surface area contributed by atoms with Crippen LogP contribution in [0.4, 0.5) is 0 Å². The molecule has 2 heterocycles. The number of nitrogens with one attached hydrogen (secondary N) is 1. The predicted molar refractivity (Wildman–Crippen MR) is 114 cm³/mol. The standard InChI is InChI=1S/C22H29ClN4O2/c1-3-4-5-11-24-21(28)17-9-12-26(13-10-17)22(29)20-15-25-27(16(20)2)19-8-6-7-18(23)14-19/h6-8,14-15,17H,3-5,9-13H2,1-2H3,(H,24,28). The maximum absolute atomic E-state index is 13.0. The Morgan fingerprint density at radius 1 is 1.24 bits per heavy atom. The lowest BCUT2D eigenvalue weighted by Crippen LogP contribution is -2.43. The van der Waals surface area contributed by atoms with Crippen molar-refractivity contribution in [1.29, 1.82) is 0 Å². The zero-order chi connectivity index (χ0) is 20.8. The third kappa shape index (κ3) is 5.18. The lowest BCUT2D eigenvalue weighted by molar-refractivity contribution is -0.126. The topological polar surface area (TPSA) is 67.2 Å². The first-order chi connectivity index (χ1) is 14.0. The minimum atomic E-state index is -0.0300. The van der Waals surface area contributed by atoms with E-state index in [0.29, 0.717) is 36.5 Å². The second kappa shape index (κ2) is 9.92. The molecule has 0 bridgehead atoms. The molecule has 1 fully saturated rings. The number of nitrogens with zero attached hydrogens (tertiary/aromatic N) is 3. The zero-order valence-electron chi connectivity index (χ0n) is 17.2. The Morgan fingerprint density at radius 3 is 2.69 bits per heavy atom. The Kier molecular flexibility index (Phi) is 7.31. The number of likely N-dealkylation sites (tertiary alicyclic amines) is 1. The second-order valence-electron chi connectivity index (χ2n) is 7.60. The van der Waals surface area contributed by atoms with Gasteiger partial charge in [0.2, 0.25) is 5.91 Å². The highest BCUT2D eigenvalue weighted by molar-refractivity contribution is 6.30. The molecule has 2 aromatic rings. The average Bonchev–Trinajstić information content (AvgIpc) is 3.12. The van der Waals surface area contributed by atoms with Crippen LogP contribution < -0.4 is 5.32 Å². The molecule has 0 unspecified atom stereocenters. The molecule has 0 aliphatic carbocycles. The van der Waals surface area contributed by atoms with Gasteiger partial charge in [0.05, 0.1) is 23.1 Å². The first-order valence-electron chi connectivity index (χ1n) is 10.4. The van der Waals surface area contributed by atoms with Gasteiger partial charge < -0.3 is 10.2 Å². The van der Waals surface area contributed by atoms with Crippen molar-refractivity contribution >= 4 is 23.4 Å². The fourth-order valence-corrected chi connectivity index (χ4v) is 3.92. The minimum Gasteiger partial charge on any atom is -0.356 e. The molecule has 1 aromatic carbocycles. The summed E-state index contributed by atoms with van der Waals surface area (Å²) in [7, 11) is 0. The van der Waals surface area contributed by atoms with E-state index in [-0.39, 0.29) is 17.7 Å². The summed E-state index contributed by atoms with van der Waals surface area (Å²) in [5, 5.41) is 8.04. The molecule has 1 aromatic heterocycles. The highest BCUT2D eigenvalue weighted by Crippen LogP contribution is 2.22. The van der Waals surface area contributed by atoms with Crippen LogP contribution in [0.3, 0.4) is 0 Å². The number of hydrogen-bond donors (Lipinski definition) is 1. The van der Waals surface area contributed by atoms with Gasteiger partial charge >= 0.3 is 0 Å². The number of rotatable bonds is 7. The van der Waals surface area contributed by atoms with Crippen LogP contribution in [-0.2, 0) is 4.79 Å². The van der Waals surface area contributed by atoms with E-state index < -0.39 is 0 Å². The third-order valence-electron chi connectivity index (χ3n) is 5.53. The van der Waals surface area contributed by atoms with E-state index >= 15 is 0 Å². The van der Waals surface area contributed by atoms with Gasteiger partial charge in [0.15, 0.2) is 0 Å². The van der Waals surface area contributed by atoms with Crippen molar-refractivity contribution in [3.63, 3.8) is 0 Å². The van der Waals surface area contributed by atoms with Crippen molar-refractivity contribution in [2.75, 3.05) is 19.6 Å². The van der Waals surface area contributed by atoms with Crippen LogP contribution in [-0.4, -0.2) is 46.1 Å². The number of halogens is 1. The second-order valence-corrected chi connectivity index (χ2v) is 8.04. The van der Waals surface area contributed by atoms with Crippen molar-refractivity contribution in [3.05, 3.63) is 46.7 Å². The zero-order valence-corrected chi connectivity index (χ0v) is 17.9. The van der Waals surface area contributed by atoms with Crippen molar-refractivity contribution in [2.24, 2.45) is 5.92 Å². The summed E-state index contributed by atoms with van der Waals surface area (Å²) in [5.41, 5.74) is 2.20. The summed E-state index contributed by atoms with van der Waals surface area (Å²) >= 11 is 6.08. The molecular weight excluding hydrogens is 388 g/mol.